The summed E-state index contributed by atoms with van der Waals surface area (Å²) in [6, 6.07) is 14.2. The molecule has 3 rings (SSSR count). The third-order valence-electron chi connectivity index (χ3n) is 4.06. The fourth-order valence-corrected chi connectivity index (χ4v) is 3.08. The smallest absolute Gasteiger partial charge is 0.257 e. The fraction of sp³-hybridized carbons (Fsp3) is 0.158. The first kappa shape index (κ1) is 16.3. The number of rotatable bonds is 3. The number of para-hydroxylation sites is 1. The second-order valence-electron chi connectivity index (χ2n) is 5.72. The number of carbonyl (C=O) groups excluding carboxylic acids is 1. The van der Waals surface area contributed by atoms with Crippen molar-refractivity contribution in [2.24, 2.45) is 7.05 Å². The lowest BCUT2D eigenvalue weighted by Crippen LogP contribution is -2.31. The first-order valence-electron chi connectivity index (χ1n) is 7.62. The number of amides is 1. The van der Waals surface area contributed by atoms with Crippen molar-refractivity contribution in [3.05, 3.63) is 81.1 Å². The highest BCUT2D eigenvalue weighted by Crippen LogP contribution is 2.22. The minimum atomic E-state index is -0.409. The van der Waals surface area contributed by atoms with E-state index < -0.39 is 5.91 Å². The second-order valence-corrected chi connectivity index (χ2v) is 6.12. The molecule has 0 aliphatic carbocycles. The van der Waals surface area contributed by atoms with E-state index in [0.717, 1.165) is 11.1 Å². The fourth-order valence-electron chi connectivity index (χ4n) is 2.78. The van der Waals surface area contributed by atoms with E-state index in [1.54, 1.807) is 29.0 Å². The van der Waals surface area contributed by atoms with E-state index in [-0.39, 0.29) is 17.0 Å². The summed E-state index contributed by atoms with van der Waals surface area (Å²) >= 11 is 6.17. The molecule has 1 aromatic heterocycles. The third-order valence-corrected chi connectivity index (χ3v) is 4.40. The molecule has 122 valence electrons. The largest absolute Gasteiger partial charge is 0.350 e. The molecule has 0 fully saturated rings. The van der Waals surface area contributed by atoms with Crippen LogP contribution in [0.2, 0.25) is 5.02 Å². The van der Waals surface area contributed by atoms with Crippen LogP contribution in [-0.2, 0) is 7.05 Å². The molecule has 5 heteroatoms. The Hall–Kier alpha value is -2.59. The highest BCUT2D eigenvalue weighted by molar-refractivity contribution is 6.31. The van der Waals surface area contributed by atoms with Crippen LogP contribution in [0.1, 0.15) is 28.9 Å². The zero-order chi connectivity index (χ0) is 17.3. The molecule has 0 saturated heterocycles. The maximum absolute atomic E-state index is 12.6. The van der Waals surface area contributed by atoms with Gasteiger partial charge in [0.2, 0.25) is 5.43 Å². The number of fused-ring (bicyclic) bond motifs is 1. The molecule has 0 bridgehead atoms. The number of pyridine rings is 1. The number of nitrogens with one attached hydrogen (secondary N) is 1. The average Bonchev–Trinajstić information content (AvgIpc) is 2.58. The molecule has 0 aliphatic rings. The van der Waals surface area contributed by atoms with Crippen molar-refractivity contribution in [2.45, 2.75) is 13.0 Å². The number of nitrogens with zero attached hydrogens (tertiary/aromatic N) is 1. The minimum Gasteiger partial charge on any atom is -0.350 e. The van der Waals surface area contributed by atoms with E-state index in [2.05, 4.69) is 5.32 Å². The first-order chi connectivity index (χ1) is 11.5. The Kier molecular flexibility index (Phi) is 4.40. The third kappa shape index (κ3) is 2.93. The molecule has 24 heavy (non-hydrogen) atoms. The number of halogens is 1. The van der Waals surface area contributed by atoms with Crippen LogP contribution in [0, 0.1) is 0 Å². The van der Waals surface area contributed by atoms with Gasteiger partial charge in [0.05, 0.1) is 11.6 Å². The van der Waals surface area contributed by atoms with Crippen molar-refractivity contribution in [3.63, 3.8) is 0 Å². The summed E-state index contributed by atoms with van der Waals surface area (Å²) in [4.78, 5) is 25.2. The van der Waals surface area contributed by atoms with Crippen LogP contribution >= 0.6 is 11.6 Å². The van der Waals surface area contributed by atoms with Crippen LogP contribution in [0.15, 0.2) is 59.5 Å². The van der Waals surface area contributed by atoms with Gasteiger partial charge in [0.1, 0.15) is 5.56 Å². The van der Waals surface area contributed by atoms with Crippen LogP contribution < -0.4 is 10.7 Å². The molecule has 0 spiro atoms. The van der Waals surface area contributed by atoms with E-state index >= 15 is 0 Å². The van der Waals surface area contributed by atoms with E-state index in [0.29, 0.717) is 10.4 Å². The summed E-state index contributed by atoms with van der Waals surface area (Å²) in [6.45, 7) is 1.84. The maximum atomic E-state index is 12.6. The maximum Gasteiger partial charge on any atom is 0.257 e. The molecule has 0 radical (unpaired) electrons. The van der Waals surface area contributed by atoms with Gasteiger partial charge in [-0.3, -0.25) is 9.59 Å². The highest BCUT2D eigenvalue weighted by Gasteiger charge is 2.18. The van der Waals surface area contributed by atoms with Crippen LogP contribution in [0.5, 0.6) is 0 Å². The lowest BCUT2D eigenvalue weighted by molar-refractivity contribution is 0.0938. The van der Waals surface area contributed by atoms with Gasteiger partial charge in [0, 0.05) is 23.7 Å². The van der Waals surface area contributed by atoms with E-state index in [9.17, 15) is 9.59 Å². The van der Waals surface area contributed by atoms with E-state index in [4.69, 9.17) is 11.6 Å². The zero-order valence-electron chi connectivity index (χ0n) is 13.4. The molecule has 2 aromatic carbocycles. The highest BCUT2D eigenvalue weighted by atomic mass is 35.5. The molecule has 1 amide bonds. The van der Waals surface area contributed by atoms with Gasteiger partial charge >= 0.3 is 0 Å². The van der Waals surface area contributed by atoms with Crippen molar-refractivity contribution in [2.75, 3.05) is 0 Å². The SMILES string of the molecule is C[C@@H](NC(=O)c1cn(C)c2ccccc2c1=O)c1ccccc1Cl. The molecule has 0 unspecified atom stereocenters. The Bertz CT molecular complexity index is 979. The molecule has 1 atom stereocenters. The van der Waals surface area contributed by atoms with Crippen LogP contribution in [0.25, 0.3) is 10.9 Å². The standard InChI is InChI=1S/C19H17ClN2O2/c1-12(13-7-3-5-9-16(13)20)21-19(24)15-11-22(2)17-10-6-4-8-14(17)18(15)23/h3-12H,1-2H3,(H,21,24)/t12-/m1/s1. The van der Waals surface area contributed by atoms with Gasteiger partial charge in [-0.1, -0.05) is 41.9 Å². The Morgan fingerprint density at radius 2 is 1.79 bits per heavy atom. The number of aryl methyl sites for hydroxylation is 1. The number of hydrogen-bond acceptors (Lipinski definition) is 2. The zero-order valence-corrected chi connectivity index (χ0v) is 14.2. The lowest BCUT2D eigenvalue weighted by Gasteiger charge is -2.16. The summed E-state index contributed by atoms with van der Waals surface area (Å²) in [5.41, 5.74) is 1.45. The summed E-state index contributed by atoms with van der Waals surface area (Å²) in [6.07, 6.45) is 1.57. The van der Waals surface area contributed by atoms with Gasteiger partial charge in [-0.25, -0.2) is 0 Å². The van der Waals surface area contributed by atoms with Gasteiger partial charge in [0.15, 0.2) is 0 Å². The molecule has 4 nitrogen and oxygen atoms in total. The first-order valence-corrected chi connectivity index (χ1v) is 8.00. The van der Waals surface area contributed by atoms with Gasteiger partial charge in [-0.15, -0.1) is 0 Å². The quantitative estimate of drug-likeness (QED) is 0.790. The van der Waals surface area contributed by atoms with Crippen molar-refractivity contribution >= 4 is 28.4 Å². The van der Waals surface area contributed by atoms with Crippen LogP contribution in [0.4, 0.5) is 0 Å². The predicted octanol–water partition coefficient (Wildman–Crippen LogP) is 3.68. The minimum absolute atomic E-state index is 0.120. The Morgan fingerprint density at radius 3 is 2.54 bits per heavy atom. The Labute approximate surface area is 144 Å². The number of aromatic nitrogens is 1. The topological polar surface area (TPSA) is 51.1 Å². The monoisotopic (exact) mass is 340 g/mol. The van der Waals surface area contributed by atoms with Crippen LogP contribution in [0.3, 0.4) is 0 Å². The number of hydrogen-bond donors (Lipinski definition) is 1. The molecule has 0 aliphatic heterocycles. The molecular weight excluding hydrogens is 324 g/mol. The summed E-state index contributed by atoms with van der Waals surface area (Å²) in [5, 5.41) is 3.96. The van der Waals surface area contributed by atoms with E-state index in [1.165, 1.54) is 0 Å². The molecular formula is C19H17ClN2O2. The van der Waals surface area contributed by atoms with Gasteiger partial charge in [-0.2, -0.15) is 0 Å². The predicted molar refractivity (Wildman–Crippen MR) is 96.5 cm³/mol. The lowest BCUT2D eigenvalue weighted by atomic mass is 10.1. The molecule has 1 N–H and O–H groups in total. The number of carbonyl (C=O) groups is 1. The molecule has 1 heterocycles. The van der Waals surface area contributed by atoms with Crippen molar-refractivity contribution in [1.82, 2.24) is 9.88 Å². The Balaban J connectivity index is 1.96. The van der Waals surface area contributed by atoms with Crippen molar-refractivity contribution < 1.29 is 4.79 Å². The normalized spacial score (nSPS) is 12.1. The van der Waals surface area contributed by atoms with Gasteiger partial charge in [-0.05, 0) is 30.7 Å². The molecule has 0 saturated carbocycles. The summed E-state index contributed by atoms with van der Waals surface area (Å²) < 4.78 is 1.78. The molecule has 3 aromatic rings. The van der Waals surface area contributed by atoms with Crippen LogP contribution in [-0.4, -0.2) is 10.5 Å². The summed E-state index contributed by atoms with van der Waals surface area (Å²) in [5.74, 6) is -0.409. The van der Waals surface area contributed by atoms with Crippen molar-refractivity contribution in [3.8, 4) is 0 Å². The van der Waals surface area contributed by atoms with Gasteiger partial charge < -0.3 is 9.88 Å². The summed E-state index contributed by atoms with van der Waals surface area (Å²) in [7, 11) is 1.82. The second kappa shape index (κ2) is 6.49. The number of benzene rings is 2. The van der Waals surface area contributed by atoms with Gasteiger partial charge in [0.25, 0.3) is 5.91 Å². The van der Waals surface area contributed by atoms with E-state index in [1.807, 2.05) is 44.3 Å². The Morgan fingerprint density at radius 1 is 1.12 bits per heavy atom. The van der Waals surface area contributed by atoms with Crippen molar-refractivity contribution in [1.29, 1.82) is 0 Å². The average molecular weight is 341 g/mol.